The van der Waals surface area contributed by atoms with E-state index in [-0.39, 0.29) is 5.75 Å². The molecular weight excluding hydrogens is 244 g/mol. The van der Waals surface area contributed by atoms with Gasteiger partial charge in [-0.15, -0.1) is 0 Å². The number of hydrogen-bond donors (Lipinski definition) is 4. The van der Waals surface area contributed by atoms with Gasteiger partial charge in [-0.25, -0.2) is 4.79 Å². The average Bonchev–Trinajstić information content (AvgIpc) is 2.40. The molecule has 1 aromatic carbocycles. The second-order valence-corrected chi connectivity index (χ2v) is 4.10. The number of aromatic amines is 1. The van der Waals surface area contributed by atoms with Gasteiger partial charge in [-0.1, -0.05) is 12.1 Å². The number of phenolic OH excluding ortho intramolecular Hbond substituents is 1. The first-order valence-corrected chi connectivity index (χ1v) is 6.03. The molecular formula is C13H16N4O2. The van der Waals surface area contributed by atoms with Gasteiger partial charge in [0.2, 0.25) is 0 Å². The number of hydrogen-bond acceptors (Lipinski definition) is 5. The molecule has 0 saturated heterocycles. The molecule has 100 valence electrons. The largest absolute Gasteiger partial charge is 0.508 e. The summed E-state index contributed by atoms with van der Waals surface area (Å²) < 4.78 is 0. The molecule has 1 heterocycles. The fourth-order valence-corrected chi connectivity index (χ4v) is 1.74. The van der Waals surface area contributed by atoms with Crippen molar-refractivity contribution in [3.8, 4) is 17.0 Å². The Morgan fingerprint density at radius 1 is 1.42 bits per heavy atom. The van der Waals surface area contributed by atoms with Gasteiger partial charge in [-0.2, -0.15) is 4.98 Å². The molecule has 2 aromatic rings. The van der Waals surface area contributed by atoms with Gasteiger partial charge < -0.3 is 21.1 Å². The van der Waals surface area contributed by atoms with E-state index in [1.807, 2.05) is 0 Å². The molecule has 0 atom stereocenters. The molecule has 1 aromatic heterocycles. The van der Waals surface area contributed by atoms with Crippen LogP contribution in [0.3, 0.4) is 0 Å². The highest BCUT2D eigenvalue weighted by Gasteiger charge is 2.07. The molecule has 0 spiro atoms. The van der Waals surface area contributed by atoms with Gasteiger partial charge in [0.25, 0.3) is 0 Å². The number of H-pyrrole nitrogens is 1. The maximum atomic E-state index is 11.4. The van der Waals surface area contributed by atoms with Crippen LogP contribution in [0.15, 0.2) is 35.3 Å². The van der Waals surface area contributed by atoms with Crippen molar-refractivity contribution in [3.05, 3.63) is 40.9 Å². The molecule has 6 nitrogen and oxygen atoms in total. The first kappa shape index (κ1) is 13.1. The first-order valence-electron chi connectivity index (χ1n) is 6.03. The number of anilines is 1. The molecule has 0 aliphatic rings. The van der Waals surface area contributed by atoms with Crippen molar-refractivity contribution < 1.29 is 5.11 Å². The minimum atomic E-state index is -0.428. The smallest absolute Gasteiger partial charge is 0.345 e. The van der Waals surface area contributed by atoms with E-state index >= 15 is 0 Å². The van der Waals surface area contributed by atoms with Crippen molar-refractivity contribution in [1.29, 1.82) is 0 Å². The molecule has 19 heavy (non-hydrogen) atoms. The molecule has 2 rings (SSSR count). The summed E-state index contributed by atoms with van der Waals surface area (Å²) in [7, 11) is 0. The number of phenols is 1. The van der Waals surface area contributed by atoms with Crippen LogP contribution in [0.4, 0.5) is 5.69 Å². The van der Waals surface area contributed by atoms with Gasteiger partial charge in [0.15, 0.2) is 0 Å². The van der Waals surface area contributed by atoms with E-state index in [1.165, 1.54) is 6.20 Å². The predicted molar refractivity (Wildman–Crippen MR) is 74.1 cm³/mol. The molecule has 0 aliphatic heterocycles. The number of aromatic nitrogens is 2. The van der Waals surface area contributed by atoms with Crippen molar-refractivity contribution in [1.82, 2.24) is 9.97 Å². The van der Waals surface area contributed by atoms with Crippen molar-refractivity contribution >= 4 is 5.69 Å². The number of aromatic hydroxyl groups is 1. The average molecular weight is 260 g/mol. The lowest BCUT2D eigenvalue weighted by atomic mass is 10.1. The molecule has 6 heteroatoms. The lowest BCUT2D eigenvalue weighted by Crippen LogP contribution is -2.15. The second kappa shape index (κ2) is 6.01. The van der Waals surface area contributed by atoms with Crippen molar-refractivity contribution in [2.45, 2.75) is 6.42 Å². The number of benzene rings is 1. The third kappa shape index (κ3) is 3.32. The SMILES string of the molecule is NCCCNc1cnc(=O)[nH]c1-c1cccc(O)c1. The highest BCUT2D eigenvalue weighted by Crippen LogP contribution is 2.26. The first-order chi connectivity index (χ1) is 9.20. The van der Waals surface area contributed by atoms with Gasteiger partial charge in [0, 0.05) is 12.1 Å². The Bertz CT molecular complexity index is 610. The predicted octanol–water partition coefficient (Wildman–Crippen LogP) is 0.903. The van der Waals surface area contributed by atoms with E-state index in [9.17, 15) is 9.90 Å². The molecule has 0 fully saturated rings. The molecule has 0 amide bonds. The van der Waals surface area contributed by atoms with Crippen LogP contribution in [0.5, 0.6) is 5.75 Å². The minimum Gasteiger partial charge on any atom is -0.508 e. The summed E-state index contributed by atoms with van der Waals surface area (Å²) in [6, 6.07) is 6.68. The number of nitrogens with one attached hydrogen (secondary N) is 2. The van der Waals surface area contributed by atoms with E-state index in [0.717, 1.165) is 12.0 Å². The molecule has 0 saturated carbocycles. The topological polar surface area (TPSA) is 104 Å². The van der Waals surface area contributed by atoms with Crippen LogP contribution in [-0.4, -0.2) is 28.2 Å². The van der Waals surface area contributed by atoms with Crippen LogP contribution >= 0.6 is 0 Å². The van der Waals surface area contributed by atoms with E-state index in [2.05, 4.69) is 15.3 Å². The second-order valence-electron chi connectivity index (χ2n) is 4.10. The lowest BCUT2D eigenvalue weighted by Gasteiger charge is -2.11. The zero-order valence-corrected chi connectivity index (χ0v) is 10.4. The zero-order valence-electron chi connectivity index (χ0n) is 10.4. The van der Waals surface area contributed by atoms with E-state index in [0.29, 0.717) is 24.5 Å². The van der Waals surface area contributed by atoms with Crippen LogP contribution in [0.25, 0.3) is 11.3 Å². The Labute approximate surface area is 110 Å². The van der Waals surface area contributed by atoms with Crippen molar-refractivity contribution in [2.75, 3.05) is 18.4 Å². The number of nitrogens with two attached hydrogens (primary N) is 1. The maximum Gasteiger partial charge on any atom is 0.345 e. The summed E-state index contributed by atoms with van der Waals surface area (Å²) >= 11 is 0. The van der Waals surface area contributed by atoms with Gasteiger partial charge >= 0.3 is 5.69 Å². The van der Waals surface area contributed by atoms with Crippen molar-refractivity contribution in [2.24, 2.45) is 5.73 Å². The summed E-state index contributed by atoms with van der Waals surface area (Å²) in [4.78, 5) is 17.7. The summed E-state index contributed by atoms with van der Waals surface area (Å²) in [5, 5.41) is 12.7. The highest BCUT2D eigenvalue weighted by molar-refractivity contribution is 5.74. The maximum absolute atomic E-state index is 11.4. The monoisotopic (exact) mass is 260 g/mol. The van der Waals surface area contributed by atoms with Crippen LogP contribution in [0.1, 0.15) is 6.42 Å². The minimum absolute atomic E-state index is 0.142. The molecule has 0 aliphatic carbocycles. The van der Waals surface area contributed by atoms with Crippen LogP contribution in [0.2, 0.25) is 0 Å². The van der Waals surface area contributed by atoms with Crippen LogP contribution in [-0.2, 0) is 0 Å². The summed E-state index contributed by atoms with van der Waals surface area (Å²) in [6.07, 6.45) is 2.30. The standard InChI is InChI=1S/C13H16N4O2/c14-5-2-6-15-11-8-16-13(19)17-12(11)9-3-1-4-10(18)7-9/h1,3-4,7-8,15,18H,2,5-6,14H2,(H,16,17,19). The fourth-order valence-electron chi connectivity index (χ4n) is 1.74. The van der Waals surface area contributed by atoms with Gasteiger partial charge in [0.1, 0.15) is 5.75 Å². The normalized spacial score (nSPS) is 10.4. The Morgan fingerprint density at radius 3 is 3.00 bits per heavy atom. The quantitative estimate of drug-likeness (QED) is 0.598. The Morgan fingerprint density at radius 2 is 2.26 bits per heavy atom. The van der Waals surface area contributed by atoms with E-state index < -0.39 is 5.69 Å². The fraction of sp³-hybridized carbons (Fsp3) is 0.231. The Balaban J connectivity index is 2.37. The van der Waals surface area contributed by atoms with Gasteiger partial charge in [-0.05, 0) is 25.1 Å². The number of nitrogens with zero attached hydrogens (tertiary/aromatic N) is 1. The third-order valence-corrected chi connectivity index (χ3v) is 2.64. The zero-order chi connectivity index (χ0) is 13.7. The Kier molecular flexibility index (Phi) is 4.15. The number of rotatable bonds is 5. The third-order valence-electron chi connectivity index (χ3n) is 2.64. The molecule has 0 bridgehead atoms. The molecule has 0 radical (unpaired) electrons. The van der Waals surface area contributed by atoms with E-state index in [4.69, 9.17) is 5.73 Å². The molecule has 5 N–H and O–H groups in total. The molecule has 0 unspecified atom stereocenters. The van der Waals surface area contributed by atoms with E-state index in [1.54, 1.807) is 24.3 Å². The summed E-state index contributed by atoms with van der Waals surface area (Å²) in [6.45, 7) is 1.28. The summed E-state index contributed by atoms with van der Waals surface area (Å²) in [5.41, 5.74) is 7.04. The van der Waals surface area contributed by atoms with Crippen LogP contribution < -0.4 is 16.7 Å². The lowest BCUT2D eigenvalue weighted by molar-refractivity contribution is 0.475. The van der Waals surface area contributed by atoms with Gasteiger partial charge in [0.05, 0.1) is 17.6 Å². The highest BCUT2D eigenvalue weighted by atomic mass is 16.3. The van der Waals surface area contributed by atoms with Gasteiger partial charge in [-0.3, -0.25) is 0 Å². The van der Waals surface area contributed by atoms with Crippen molar-refractivity contribution in [3.63, 3.8) is 0 Å². The Hall–Kier alpha value is -2.34. The van der Waals surface area contributed by atoms with Crippen LogP contribution in [0, 0.1) is 0 Å². The summed E-state index contributed by atoms with van der Waals surface area (Å²) in [5.74, 6) is 0.142.